The summed E-state index contributed by atoms with van der Waals surface area (Å²) < 4.78 is 0. The molecule has 0 N–H and O–H groups in total. The number of anilines is 1. The highest BCUT2D eigenvalue weighted by molar-refractivity contribution is 5.90. The third-order valence-corrected chi connectivity index (χ3v) is 2.77. The predicted molar refractivity (Wildman–Crippen MR) is 57.8 cm³/mol. The molecule has 2 rings (SSSR count). The third-order valence-electron chi connectivity index (χ3n) is 2.77. The summed E-state index contributed by atoms with van der Waals surface area (Å²) in [4.78, 5) is 13.4. The Bertz CT molecular complexity index is 371. The lowest BCUT2D eigenvalue weighted by Crippen LogP contribution is -2.32. The van der Waals surface area contributed by atoms with Crippen molar-refractivity contribution in [3.63, 3.8) is 0 Å². The Morgan fingerprint density at radius 3 is 2.93 bits per heavy atom. The number of benzene rings is 1. The number of aryl methyl sites for hydroxylation is 1. The van der Waals surface area contributed by atoms with Gasteiger partial charge >= 0.3 is 0 Å². The van der Waals surface area contributed by atoms with Crippen LogP contribution in [0.25, 0.3) is 0 Å². The van der Waals surface area contributed by atoms with Gasteiger partial charge in [0, 0.05) is 19.2 Å². The maximum atomic E-state index is 11.3. The van der Waals surface area contributed by atoms with E-state index >= 15 is 0 Å². The normalized spacial score (nSPS) is 15.6. The third kappa shape index (κ3) is 1.52. The lowest BCUT2D eigenvalue weighted by Gasteiger charge is -2.27. The van der Waals surface area contributed by atoms with Crippen LogP contribution in [-0.2, 0) is 17.6 Å². The van der Waals surface area contributed by atoms with Gasteiger partial charge < -0.3 is 4.90 Å². The summed E-state index contributed by atoms with van der Waals surface area (Å²) in [6.45, 7) is 2.70. The van der Waals surface area contributed by atoms with Crippen LogP contribution < -0.4 is 4.90 Å². The number of hydrogen-bond donors (Lipinski definition) is 0. The van der Waals surface area contributed by atoms with Crippen LogP contribution in [0.15, 0.2) is 18.2 Å². The fourth-order valence-corrected chi connectivity index (χ4v) is 1.95. The van der Waals surface area contributed by atoms with Gasteiger partial charge in [0.15, 0.2) is 5.78 Å². The second-order valence-corrected chi connectivity index (χ2v) is 3.89. The van der Waals surface area contributed by atoms with Gasteiger partial charge in [0.05, 0.1) is 6.54 Å². The molecule has 0 unspecified atom stereocenters. The van der Waals surface area contributed by atoms with E-state index in [0.717, 1.165) is 6.42 Å². The summed E-state index contributed by atoms with van der Waals surface area (Å²) in [6.07, 6.45) is 1.65. The molecule has 0 radical (unpaired) electrons. The first kappa shape index (κ1) is 9.25. The second kappa shape index (κ2) is 3.45. The van der Waals surface area contributed by atoms with Crippen LogP contribution >= 0.6 is 0 Å². The van der Waals surface area contributed by atoms with Gasteiger partial charge in [0.2, 0.25) is 0 Å². The van der Waals surface area contributed by atoms with Crippen molar-refractivity contribution in [2.24, 2.45) is 0 Å². The van der Waals surface area contributed by atoms with Crippen molar-refractivity contribution in [2.45, 2.75) is 19.8 Å². The molecule has 2 nitrogen and oxygen atoms in total. The number of likely N-dealkylation sites (N-methyl/N-ethyl adjacent to an activating group) is 1. The fraction of sp³-hybridized carbons (Fsp3) is 0.417. The lowest BCUT2D eigenvalue weighted by molar-refractivity contribution is -0.117. The molecular weight excluding hydrogens is 174 g/mol. The quantitative estimate of drug-likeness (QED) is 0.671. The molecule has 0 amide bonds. The van der Waals surface area contributed by atoms with Crippen LogP contribution in [-0.4, -0.2) is 19.4 Å². The van der Waals surface area contributed by atoms with Crippen LogP contribution in [0, 0.1) is 0 Å². The number of ketones is 1. The highest BCUT2D eigenvalue weighted by atomic mass is 16.1. The molecule has 0 atom stereocenters. The highest BCUT2D eigenvalue weighted by Crippen LogP contribution is 2.25. The summed E-state index contributed by atoms with van der Waals surface area (Å²) in [5.74, 6) is 0.309. The topological polar surface area (TPSA) is 20.3 Å². The molecule has 0 aromatic heterocycles. The fourth-order valence-electron chi connectivity index (χ4n) is 1.95. The average molecular weight is 189 g/mol. The molecule has 1 aliphatic heterocycles. The Morgan fingerprint density at radius 2 is 2.21 bits per heavy atom. The zero-order chi connectivity index (χ0) is 10.1. The molecule has 0 aliphatic carbocycles. The molecule has 1 aromatic rings. The van der Waals surface area contributed by atoms with Crippen LogP contribution in [0.5, 0.6) is 0 Å². The molecule has 0 spiro atoms. The number of Topliss-reactive ketones (excluding diaryl/α,β-unsaturated/α-hetero) is 1. The van der Waals surface area contributed by atoms with E-state index < -0.39 is 0 Å². The van der Waals surface area contributed by atoms with Crippen LogP contribution in [0.4, 0.5) is 5.69 Å². The lowest BCUT2D eigenvalue weighted by atomic mass is 9.98. The Balaban J connectivity index is 2.44. The minimum Gasteiger partial charge on any atom is -0.367 e. The number of fused-ring (bicyclic) bond motifs is 1. The van der Waals surface area contributed by atoms with Crippen LogP contribution in [0.2, 0.25) is 0 Å². The van der Waals surface area contributed by atoms with Crippen molar-refractivity contribution in [2.75, 3.05) is 18.5 Å². The molecule has 0 saturated heterocycles. The van der Waals surface area contributed by atoms with Gasteiger partial charge in [-0.15, -0.1) is 0 Å². The van der Waals surface area contributed by atoms with Crippen molar-refractivity contribution < 1.29 is 4.79 Å². The van der Waals surface area contributed by atoms with E-state index in [9.17, 15) is 4.79 Å². The first-order chi connectivity index (χ1) is 6.70. The minimum atomic E-state index is 0.309. The predicted octanol–water partition coefficient (Wildman–Crippen LogP) is 1.81. The summed E-state index contributed by atoms with van der Waals surface area (Å²) in [5.41, 5.74) is 3.73. The zero-order valence-electron chi connectivity index (χ0n) is 8.71. The molecule has 74 valence electrons. The van der Waals surface area contributed by atoms with Gasteiger partial charge in [-0.05, 0) is 23.6 Å². The minimum absolute atomic E-state index is 0.309. The van der Waals surface area contributed by atoms with Crippen molar-refractivity contribution in [3.8, 4) is 0 Å². The summed E-state index contributed by atoms with van der Waals surface area (Å²) in [6, 6.07) is 6.40. The van der Waals surface area contributed by atoms with Gasteiger partial charge in [-0.25, -0.2) is 0 Å². The number of carbonyl (C=O) groups excluding carboxylic acids is 1. The monoisotopic (exact) mass is 189 g/mol. The van der Waals surface area contributed by atoms with E-state index in [1.54, 1.807) is 0 Å². The standard InChI is InChI=1S/C12H15NO/c1-3-9-4-5-10-7-11(14)8-13(2)12(10)6-9/h4-6H,3,7-8H2,1-2H3. The summed E-state index contributed by atoms with van der Waals surface area (Å²) in [7, 11) is 1.98. The average Bonchev–Trinajstić information content (AvgIpc) is 2.17. The number of hydrogen-bond acceptors (Lipinski definition) is 2. The van der Waals surface area contributed by atoms with E-state index in [4.69, 9.17) is 0 Å². The molecule has 14 heavy (non-hydrogen) atoms. The van der Waals surface area contributed by atoms with Gasteiger partial charge in [-0.2, -0.15) is 0 Å². The van der Waals surface area contributed by atoms with Gasteiger partial charge in [0.1, 0.15) is 0 Å². The number of nitrogens with zero attached hydrogens (tertiary/aromatic N) is 1. The molecule has 1 aromatic carbocycles. The first-order valence-corrected chi connectivity index (χ1v) is 5.05. The van der Waals surface area contributed by atoms with E-state index in [2.05, 4.69) is 25.1 Å². The number of rotatable bonds is 1. The summed E-state index contributed by atoms with van der Waals surface area (Å²) in [5, 5.41) is 0. The zero-order valence-corrected chi connectivity index (χ0v) is 8.71. The Morgan fingerprint density at radius 1 is 1.43 bits per heavy atom. The molecule has 2 heteroatoms. The van der Waals surface area contributed by atoms with E-state index in [-0.39, 0.29) is 0 Å². The maximum Gasteiger partial charge on any atom is 0.156 e. The van der Waals surface area contributed by atoms with Gasteiger partial charge in [-0.3, -0.25) is 4.79 Å². The van der Waals surface area contributed by atoms with Gasteiger partial charge in [0.25, 0.3) is 0 Å². The van der Waals surface area contributed by atoms with Crippen LogP contribution in [0.3, 0.4) is 0 Å². The Kier molecular flexibility index (Phi) is 2.28. The van der Waals surface area contributed by atoms with Crippen molar-refractivity contribution >= 4 is 11.5 Å². The molecular formula is C12H15NO. The van der Waals surface area contributed by atoms with E-state index in [1.165, 1.54) is 16.8 Å². The molecule has 1 aliphatic rings. The van der Waals surface area contributed by atoms with Crippen molar-refractivity contribution in [1.29, 1.82) is 0 Å². The highest BCUT2D eigenvalue weighted by Gasteiger charge is 2.19. The maximum absolute atomic E-state index is 11.3. The SMILES string of the molecule is CCc1ccc2c(c1)N(C)CC(=O)C2. The van der Waals surface area contributed by atoms with Crippen LogP contribution in [0.1, 0.15) is 18.1 Å². The summed E-state index contributed by atoms with van der Waals surface area (Å²) >= 11 is 0. The number of carbonyl (C=O) groups is 1. The van der Waals surface area contributed by atoms with Crippen molar-refractivity contribution in [3.05, 3.63) is 29.3 Å². The molecule has 0 saturated carbocycles. The Hall–Kier alpha value is -1.31. The first-order valence-electron chi connectivity index (χ1n) is 5.05. The largest absolute Gasteiger partial charge is 0.367 e. The smallest absolute Gasteiger partial charge is 0.156 e. The molecule has 0 fully saturated rings. The van der Waals surface area contributed by atoms with Crippen molar-refractivity contribution in [1.82, 2.24) is 0 Å². The second-order valence-electron chi connectivity index (χ2n) is 3.89. The van der Waals surface area contributed by atoms with E-state index in [1.807, 2.05) is 11.9 Å². The van der Waals surface area contributed by atoms with Gasteiger partial charge in [-0.1, -0.05) is 19.1 Å². The molecule has 0 bridgehead atoms. The van der Waals surface area contributed by atoms with E-state index in [0.29, 0.717) is 18.7 Å². The molecule has 1 heterocycles. The Labute approximate surface area is 84.5 Å².